The van der Waals surface area contributed by atoms with Gasteiger partial charge in [0.2, 0.25) is 0 Å². The number of pyridine rings is 1. The second kappa shape index (κ2) is 7.18. The fourth-order valence-corrected chi connectivity index (χ4v) is 2.26. The number of rotatable bonds is 6. The highest BCUT2D eigenvalue weighted by atomic mass is 16.3. The van der Waals surface area contributed by atoms with Gasteiger partial charge in [0.05, 0.1) is 12.2 Å². The quantitative estimate of drug-likeness (QED) is 0.860. The summed E-state index contributed by atoms with van der Waals surface area (Å²) in [6.45, 7) is 4.26. The molecule has 0 aliphatic carbocycles. The third-order valence-corrected chi connectivity index (χ3v) is 3.70. The normalized spacial score (nSPS) is 13.4. The number of aromatic nitrogens is 1. The summed E-state index contributed by atoms with van der Waals surface area (Å²) in [4.78, 5) is 16.3. The number of nitrogens with zero attached hydrogens (tertiary/aromatic N) is 1. The molecule has 2 rings (SSSR count). The van der Waals surface area contributed by atoms with Gasteiger partial charge in [-0.1, -0.05) is 37.3 Å². The van der Waals surface area contributed by atoms with Gasteiger partial charge >= 0.3 is 0 Å². The topological polar surface area (TPSA) is 62.2 Å². The molecule has 1 amide bonds. The van der Waals surface area contributed by atoms with Gasteiger partial charge in [0, 0.05) is 23.9 Å². The van der Waals surface area contributed by atoms with Crippen molar-refractivity contribution in [3.63, 3.8) is 0 Å². The van der Waals surface area contributed by atoms with Crippen LogP contribution in [0.4, 0.5) is 0 Å². The van der Waals surface area contributed by atoms with E-state index in [0.717, 1.165) is 11.3 Å². The summed E-state index contributed by atoms with van der Waals surface area (Å²) in [7, 11) is 0. The Balaban J connectivity index is 1.97. The minimum absolute atomic E-state index is 0.00826. The van der Waals surface area contributed by atoms with E-state index in [1.807, 2.05) is 50.2 Å². The number of aliphatic hydroxyl groups is 1. The van der Waals surface area contributed by atoms with Crippen LogP contribution in [-0.4, -0.2) is 29.1 Å². The van der Waals surface area contributed by atoms with Crippen molar-refractivity contribution in [2.24, 2.45) is 5.41 Å². The molecule has 1 atom stereocenters. The summed E-state index contributed by atoms with van der Waals surface area (Å²) in [5.74, 6) is -0.166. The predicted octanol–water partition coefficient (Wildman–Crippen LogP) is 2.36. The number of benzene rings is 1. The molecular formula is C18H22N2O2. The van der Waals surface area contributed by atoms with Gasteiger partial charge < -0.3 is 10.4 Å². The van der Waals surface area contributed by atoms with Crippen LogP contribution in [-0.2, 0) is 6.42 Å². The Morgan fingerprint density at radius 2 is 1.95 bits per heavy atom. The summed E-state index contributed by atoms with van der Waals surface area (Å²) in [6, 6.07) is 13.5. The van der Waals surface area contributed by atoms with Crippen molar-refractivity contribution in [3.05, 3.63) is 65.5 Å². The molecule has 0 radical (unpaired) electrons. The molecule has 4 nitrogen and oxygen atoms in total. The summed E-state index contributed by atoms with van der Waals surface area (Å²) in [5, 5.41) is 12.6. The average molecular weight is 298 g/mol. The summed E-state index contributed by atoms with van der Waals surface area (Å²) in [6.07, 6.45) is 2.27. The van der Waals surface area contributed by atoms with Crippen molar-refractivity contribution in [1.29, 1.82) is 0 Å². The van der Waals surface area contributed by atoms with Crippen LogP contribution < -0.4 is 5.32 Å². The molecule has 2 N–H and O–H groups in total. The van der Waals surface area contributed by atoms with Crippen LogP contribution in [0.25, 0.3) is 0 Å². The van der Waals surface area contributed by atoms with Crippen molar-refractivity contribution in [2.75, 3.05) is 13.2 Å². The maximum atomic E-state index is 12.1. The molecule has 2 aromatic rings. The molecule has 0 aliphatic rings. The Labute approximate surface area is 131 Å². The van der Waals surface area contributed by atoms with Crippen molar-refractivity contribution >= 4 is 5.91 Å². The summed E-state index contributed by atoms with van der Waals surface area (Å²) >= 11 is 0. The van der Waals surface area contributed by atoms with E-state index in [1.165, 1.54) is 0 Å². The minimum Gasteiger partial charge on any atom is -0.396 e. The lowest BCUT2D eigenvalue weighted by Gasteiger charge is -2.27. The number of nitrogens with one attached hydrogen (secondary N) is 1. The largest absolute Gasteiger partial charge is 0.396 e. The highest BCUT2D eigenvalue weighted by Gasteiger charge is 2.25. The first-order valence-corrected chi connectivity index (χ1v) is 7.38. The Bertz CT molecular complexity index is 611. The number of carbonyl (C=O) groups excluding carboxylic acids is 1. The lowest BCUT2D eigenvalue weighted by Crippen LogP contribution is -2.39. The van der Waals surface area contributed by atoms with E-state index in [2.05, 4.69) is 10.3 Å². The minimum atomic E-state index is -0.394. The molecule has 0 spiro atoms. The average Bonchev–Trinajstić information content (AvgIpc) is 2.54. The van der Waals surface area contributed by atoms with E-state index in [1.54, 1.807) is 12.3 Å². The summed E-state index contributed by atoms with van der Waals surface area (Å²) < 4.78 is 0. The number of carbonyl (C=O) groups is 1. The van der Waals surface area contributed by atoms with E-state index in [0.29, 0.717) is 18.5 Å². The van der Waals surface area contributed by atoms with E-state index in [9.17, 15) is 9.90 Å². The lowest BCUT2D eigenvalue weighted by molar-refractivity contribution is 0.0895. The van der Waals surface area contributed by atoms with Gasteiger partial charge in [0.15, 0.2) is 0 Å². The Morgan fingerprint density at radius 3 is 2.55 bits per heavy atom. The van der Waals surface area contributed by atoms with Crippen LogP contribution >= 0.6 is 0 Å². The predicted molar refractivity (Wildman–Crippen MR) is 86.6 cm³/mol. The van der Waals surface area contributed by atoms with Crippen LogP contribution in [0.1, 0.15) is 28.5 Å². The first-order valence-electron chi connectivity index (χ1n) is 7.38. The van der Waals surface area contributed by atoms with Crippen LogP contribution in [0, 0.1) is 12.3 Å². The van der Waals surface area contributed by atoms with Crippen molar-refractivity contribution in [1.82, 2.24) is 10.3 Å². The molecule has 0 saturated heterocycles. The van der Waals surface area contributed by atoms with E-state index in [4.69, 9.17) is 0 Å². The van der Waals surface area contributed by atoms with Crippen LogP contribution in [0.3, 0.4) is 0 Å². The highest BCUT2D eigenvalue weighted by molar-refractivity contribution is 5.93. The second-order valence-electron chi connectivity index (χ2n) is 6.00. The molecule has 1 aromatic carbocycles. The van der Waals surface area contributed by atoms with Crippen LogP contribution in [0.2, 0.25) is 0 Å². The van der Waals surface area contributed by atoms with E-state index < -0.39 is 5.41 Å². The highest BCUT2D eigenvalue weighted by Crippen LogP contribution is 2.21. The molecule has 0 bridgehead atoms. The fourth-order valence-electron chi connectivity index (χ4n) is 2.26. The zero-order chi connectivity index (χ0) is 16.0. The number of hydrogen-bond donors (Lipinski definition) is 2. The van der Waals surface area contributed by atoms with Gasteiger partial charge in [-0.3, -0.25) is 9.78 Å². The molecule has 1 aromatic heterocycles. The van der Waals surface area contributed by atoms with Gasteiger partial charge in [-0.05, 0) is 31.0 Å². The number of hydrogen-bond acceptors (Lipinski definition) is 3. The van der Waals surface area contributed by atoms with Crippen molar-refractivity contribution in [2.45, 2.75) is 20.3 Å². The molecule has 0 unspecified atom stereocenters. The number of aryl methyl sites for hydroxylation is 1. The standard InChI is InChI=1S/C18H22N2O2/c1-14-8-9-16(11-19-14)17(22)20-12-18(2,13-21)10-15-6-4-3-5-7-15/h3-9,11,21H,10,12-13H2,1-2H3,(H,20,22)/t18-/m1/s1. The van der Waals surface area contributed by atoms with Crippen LogP contribution in [0.15, 0.2) is 48.7 Å². The molecule has 0 fully saturated rings. The molecule has 22 heavy (non-hydrogen) atoms. The van der Waals surface area contributed by atoms with Gasteiger partial charge in [0.1, 0.15) is 0 Å². The van der Waals surface area contributed by atoms with Crippen molar-refractivity contribution in [3.8, 4) is 0 Å². The maximum Gasteiger partial charge on any atom is 0.252 e. The third kappa shape index (κ3) is 4.40. The molecular weight excluding hydrogens is 276 g/mol. The SMILES string of the molecule is Cc1ccc(C(=O)NC[C@](C)(CO)Cc2ccccc2)cn1. The van der Waals surface area contributed by atoms with E-state index in [-0.39, 0.29) is 12.5 Å². The number of aliphatic hydroxyl groups excluding tert-OH is 1. The zero-order valence-electron chi connectivity index (χ0n) is 13.0. The zero-order valence-corrected chi connectivity index (χ0v) is 13.0. The maximum absolute atomic E-state index is 12.1. The molecule has 4 heteroatoms. The fraction of sp³-hybridized carbons (Fsp3) is 0.333. The molecule has 116 valence electrons. The van der Waals surface area contributed by atoms with Crippen LogP contribution in [0.5, 0.6) is 0 Å². The smallest absolute Gasteiger partial charge is 0.252 e. The first-order chi connectivity index (χ1) is 10.5. The Morgan fingerprint density at radius 1 is 1.23 bits per heavy atom. The molecule has 0 saturated carbocycles. The van der Waals surface area contributed by atoms with E-state index >= 15 is 0 Å². The van der Waals surface area contributed by atoms with Gasteiger partial charge in [-0.25, -0.2) is 0 Å². The number of amides is 1. The third-order valence-electron chi connectivity index (χ3n) is 3.70. The Hall–Kier alpha value is -2.20. The monoisotopic (exact) mass is 298 g/mol. The van der Waals surface area contributed by atoms with Gasteiger partial charge in [-0.2, -0.15) is 0 Å². The second-order valence-corrected chi connectivity index (χ2v) is 6.00. The van der Waals surface area contributed by atoms with Gasteiger partial charge in [-0.15, -0.1) is 0 Å². The van der Waals surface area contributed by atoms with Gasteiger partial charge in [0.25, 0.3) is 5.91 Å². The first kappa shape index (κ1) is 16.2. The molecule has 1 heterocycles. The summed E-state index contributed by atoms with van der Waals surface area (Å²) in [5.41, 5.74) is 2.16. The van der Waals surface area contributed by atoms with Crippen molar-refractivity contribution < 1.29 is 9.90 Å². The lowest BCUT2D eigenvalue weighted by atomic mass is 9.84. The Kier molecular flexibility index (Phi) is 5.28. The molecule has 0 aliphatic heterocycles.